The van der Waals surface area contributed by atoms with Gasteiger partial charge in [0.25, 0.3) is 5.91 Å². The quantitative estimate of drug-likeness (QED) is 0.883. The summed E-state index contributed by atoms with van der Waals surface area (Å²) in [7, 11) is 0. The lowest BCUT2D eigenvalue weighted by Gasteiger charge is -2.09. The van der Waals surface area contributed by atoms with Crippen LogP contribution in [-0.2, 0) is 6.42 Å². The molecule has 2 aromatic carbocycles. The average molecular weight is 354 g/mol. The number of hydrogen-bond acceptors (Lipinski definition) is 1. The summed E-state index contributed by atoms with van der Waals surface area (Å²) in [5.74, 6) is -1.10. The molecule has 0 aliphatic carbocycles. The van der Waals surface area contributed by atoms with Gasteiger partial charge in [0.05, 0.1) is 10.0 Å². The van der Waals surface area contributed by atoms with Gasteiger partial charge in [0.2, 0.25) is 0 Å². The van der Waals surface area contributed by atoms with Crippen LogP contribution in [0, 0.1) is 18.6 Å². The zero-order chi connectivity index (χ0) is 15.4. The highest BCUT2D eigenvalue weighted by molar-refractivity contribution is 9.10. The van der Waals surface area contributed by atoms with E-state index in [0.717, 1.165) is 11.1 Å². The number of rotatable bonds is 4. The molecule has 110 valence electrons. The summed E-state index contributed by atoms with van der Waals surface area (Å²) in [6.07, 6.45) is 0.588. The van der Waals surface area contributed by atoms with Crippen molar-refractivity contribution in [3.05, 3.63) is 69.2 Å². The highest BCUT2D eigenvalue weighted by atomic mass is 79.9. The fourth-order valence-electron chi connectivity index (χ4n) is 2.02. The van der Waals surface area contributed by atoms with E-state index >= 15 is 0 Å². The number of carbonyl (C=O) groups excluding carboxylic acids is 1. The van der Waals surface area contributed by atoms with Gasteiger partial charge in [-0.25, -0.2) is 8.78 Å². The fraction of sp³-hybridized carbons (Fsp3) is 0.188. The topological polar surface area (TPSA) is 29.1 Å². The summed E-state index contributed by atoms with van der Waals surface area (Å²) >= 11 is 3.06. The lowest BCUT2D eigenvalue weighted by molar-refractivity contribution is 0.0953. The van der Waals surface area contributed by atoms with Gasteiger partial charge in [0, 0.05) is 6.54 Å². The van der Waals surface area contributed by atoms with Gasteiger partial charge in [-0.05, 0) is 64.7 Å². The van der Waals surface area contributed by atoms with Crippen LogP contribution in [-0.4, -0.2) is 12.5 Å². The van der Waals surface area contributed by atoms with E-state index in [1.807, 2.05) is 6.92 Å². The highest BCUT2D eigenvalue weighted by Gasteiger charge is 2.12. The third-order valence-corrected chi connectivity index (χ3v) is 3.99. The molecule has 0 radical (unpaired) electrons. The Balaban J connectivity index is 1.97. The minimum absolute atomic E-state index is 0.153. The van der Waals surface area contributed by atoms with E-state index in [4.69, 9.17) is 0 Å². The molecule has 0 bridgehead atoms. The summed E-state index contributed by atoms with van der Waals surface area (Å²) in [6.45, 7) is 2.22. The van der Waals surface area contributed by atoms with Crippen LogP contribution >= 0.6 is 15.9 Å². The Morgan fingerprint density at radius 2 is 2.00 bits per heavy atom. The minimum Gasteiger partial charge on any atom is -0.352 e. The van der Waals surface area contributed by atoms with Gasteiger partial charge in [-0.2, -0.15) is 0 Å². The van der Waals surface area contributed by atoms with E-state index in [1.165, 1.54) is 24.3 Å². The van der Waals surface area contributed by atoms with Gasteiger partial charge >= 0.3 is 0 Å². The Morgan fingerprint density at radius 3 is 2.71 bits per heavy atom. The van der Waals surface area contributed by atoms with Crippen LogP contribution in [0.25, 0.3) is 0 Å². The van der Waals surface area contributed by atoms with Gasteiger partial charge < -0.3 is 5.32 Å². The van der Waals surface area contributed by atoms with Crippen LogP contribution < -0.4 is 5.32 Å². The average Bonchev–Trinajstić information content (AvgIpc) is 2.44. The molecule has 1 amide bonds. The lowest BCUT2D eigenvalue weighted by atomic mass is 10.1. The number of amides is 1. The van der Waals surface area contributed by atoms with E-state index in [-0.39, 0.29) is 21.8 Å². The van der Waals surface area contributed by atoms with Crippen molar-refractivity contribution in [1.29, 1.82) is 0 Å². The van der Waals surface area contributed by atoms with E-state index < -0.39 is 5.82 Å². The van der Waals surface area contributed by atoms with Crippen molar-refractivity contribution in [2.24, 2.45) is 0 Å². The molecule has 0 heterocycles. The summed E-state index contributed by atoms with van der Waals surface area (Å²) in [4.78, 5) is 12.0. The summed E-state index contributed by atoms with van der Waals surface area (Å²) in [6, 6.07) is 8.87. The molecule has 0 spiro atoms. The maximum atomic E-state index is 13.4. The van der Waals surface area contributed by atoms with Gasteiger partial charge in [-0.15, -0.1) is 0 Å². The van der Waals surface area contributed by atoms with Crippen LogP contribution in [0.4, 0.5) is 8.78 Å². The first-order chi connectivity index (χ1) is 9.99. The molecule has 21 heavy (non-hydrogen) atoms. The van der Waals surface area contributed by atoms with Gasteiger partial charge in [-0.3, -0.25) is 4.79 Å². The normalized spacial score (nSPS) is 10.5. The second kappa shape index (κ2) is 6.80. The molecule has 0 aliphatic heterocycles. The number of carbonyl (C=O) groups is 1. The van der Waals surface area contributed by atoms with Crippen LogP contribution in [0.15, 0.2) is 40.9 Å². The Kier molecular flexibility index (Phi) is 5.07. The Hall–Kier alpha value is -1.75. The summed E-state index contributed by atoms with van der Waals surface area (Å²) < 4.78 is 26.5. The predicted octanol–water partition coefficient (Wildman–Crippen LogP) is 4.01. The smallest absolute Gasteiger partial charge is 0.252 e. The third-order valence-electron chi connectivity index (χ3n) is 3.18. The number of hydrogen-bond donors (Lipinski definition) is 1. The maximum absolute atomic E-state index is 13.4. The molecule has 1 N–H and O–H groups in total. The molecule has 5 heteroatoms. The molecule has 2 aromatic rings. The van der Waals surface area contributed by atoms with E-state index in [2.05, 4.69) is 21.2 Å². The molecule has 0 aliphatic rings. The first-order valence-corrected chi connectivity index (χ1v) is 7.25. The van der Waals surface area contributed by atoms with Crippen molar-refractivity contribution < 1.29 is 13.6 Å². The second-order valence-electron chi connectivity index (χ2n) is 4.68. The lowest BCUT2D eigenvalue weighted by Crippen LogP contribution is -2.26. The highest BCUT2D eigenvalue weighted by Crippen LogP contribution is 2.20. The SMILES string of the molecule is Cc1cc(F)ccc1CCNC(=O)c1cccc(F)c1Br. The fourth-order valence-corrected chi connectivity index (χ4v) is 2.47. The second-order valence-corrected chi connectivity index (χ2v) is 5.47. The van der Waals surface area contributed by atoms with Crippen molar-refractivity contribution in [3.63, 3.8) is 0 Å². The molecular formula is C16H14BrF2NO. The van der Waals surface area contributed by atoms with Gasteiger partial charge in [-0.1, -0.05) is 12.1 Å². The molecule has 0 unspecified atom stereocenters. The molecular weight excluding hydrogens is 340 g/mol. The summed E-state index contributed by atoms with van der Waals surface area (Å²) in [5, 5.41) is 2.73. The van der Waals surface area contributed by atoms with Crippen molar-refractivity contribution in [2.45, 2.75) is 13.3 Å². The van der Waals surface area contributed by atoms with Crippen LogP contribution in [0.3, 0.4) is 0 Å². The first-order valence-electron chi connectivity index (χ1n) is 6.46. The zero-order valence-electron chi connectivity index (χ0n) is 11.4. The maximum Gasteiger partial charge on any atom is 0.252 e. The van der Waals surface area contributed by atoms with Crippen molar-refractivity contribution in [2.75, 3.05) is 6.54 Å². The van der Waals surface area contributed by atoms with E-state index in [0.29, 0.717) is 13.0 Å². The van der Waals surface area contributed by atoms with Crippen molar-refractivity contribution >= 4 is 21.8 Å². The molecule has 0 aromatic heterocycles. The molecule has 0 saturated heterocycles. The predicted molar refractivity (Wildman–Crippen MR) is 81.3 cm³/mol. The third kappa shape index (κ3) is 3.88. The first kappa shape index (κ1) is 15.6. The standard InChI is InChI=1S/C16H14BrF2NO/c1-10-9-12(18)6-5-11(10)7-8-20-16(21)13-3-2-4-14(19)15(13)17/h2-6,9H,7-8H2,1H3,(H,20,21). The van der Waals surface area contributed by atoms with Gasteiger partial charge in [0.1, 0.15) is 11.6 Å². The molecule has 0 fully saturated rings. The van der Waals surface area contributed by atoms with E-state index in [9.17, 15) is 13.6 Å². The molecule has 0 atom stereocenters. The Morgan fingerprint density at radius 1 is 1.24 bits per heavy atom. The van der Waals surface area contributed by atoms with Crippen LogP contribution in [0.1, 0.15) is 21.5 Å². The molecule has 2 rings (SSSR count). The van der Waals surface area contributed by atoms with Gasteiger partial charge in [0.15, 0.2) is 0 Å². The molecule has 2 nitrogen and oxygen atoms in total. The largest absolute Gasteiger partial charge is 0.352 e. The molecule has 0 saturated carbocycles. The Bertz CT molecular complexity index is 673. The van der Waals surface area contributed by atoms with Crippen LogP contribution in [0.2, 0.25) is 0 Å². The Labute approximate surface area is 130 Å². The monoisotopic (exact) mass is 353 g/mol. The number of nitrogens with one attached hydrogen (secondary N) is 1. The minimum atomic E-state index is -0.475. The number of halogens is 3. The zero-order valence-corrected chi connectivity index (χ0v) is 13.0. The number of benzene rings is 2. The van der Waals surface area contributed by atoms with E-state index in [1.54, 1.807) is 12.1 Å². The van der Waals surface area contributed by atoms with Crippen molar-refractivity contribution in [1.82, 2.24) is 5.32 Å². The number of aryl methyl sites for hydroxylation is 1. The van der Waals surface area contributed by atoms with Crippen molar-refractivity contribution in [3.8, 4) is 0 Å². The van der Waals surface area contributed by atoms with Crippen LogP contribution in [0.5, 0.6) is 0 Å². The summed E-state index contributed by atoms with van der Waals surface area (Å²) in [5.41, 5.74) is 2.07.